The van der Waals surface area contributed by atoms with Gasteiger partial charge in [-0.25, -0.2) is 9.59 Å². The van der Waals surface area contributed by atoms with Gasteiger partial charge in [-0.2, -0.15) is 0 Å². The van der Waals surface area contributed by atoms with Crippen molar-refractivity contribution >= 4 is 34.0 Å². The van der Waals surface area contributed by atoms with E-state index in [1.165, 1.54) is 0 Å². The Hall–Kier alpha value is -2.34. The van der Waals surface area contributed by atoms with Crippen LogP contribution in [0, 0.1) is 6.92 Å². The van der Waals surface area contributed by atoms with Crippen LogP contribution in [-0.2, 0) is 0 Å². The normalized spacial score (nSPS) is 9.95. The SMILES string of the molecule is Cc1cc(NC(=O)Nc2ccccc2)sc1C(=O)O. The molecule has 3 N–H and O–H groups in total. The minimum Gasteiger partial charge on any atom is -0.477 e. The van der Waals surface area contributed by atoms with Gasteiger partial charge in [0.1, 0.15) is 4.88 Å². The summed E-state index contributed by atoms with van der Waals surface area (Å²) in [5.74, 6) is -0.987. The first-order valence-corrected chi connectivity index (χ1v) is 6.34. The Kier molecular flexibility index (Phi) is 3.82. The average Bonchev–Trinajstić information content (AvgIpc) is 2.71. The zero-order valence-electron chi connectivity index (χ0n) is 10.1. The Labute approximate surface area is 113 Å². The number of benzene rings is 1. The largest absolute Gasteiger partial charge is 0.477 e. The molecular formula is C13H12N2O3S. The average molecular weight is 276 g/mol. The fourth-order valence-electron chi connectivity index (χ4n) is 1.55. The third-order valence-corrected chi connectivity index (χ3v) is 3.52. The van der Waals surface area contributed by atoms with Gasteiger partial charge in [0.15, 0.2) is 0 Å². The third kappa shape index (κ3) is 3.32. The summed E-state index contributed by atoms with van der Waals surface area (Å²) in [5.41, 5.74) is 1.30. The molecular weight excluding hydrogens is 264 g/mol. The van der Waals surface area contributed by atoms with Gasteiger partial charge < -0.3 is 10.4 Å². The van der Waals surface area contributed by atoms with Crippen molar-refractivity contribution in [3.05, 3.63) is 46.8 Å². The Morgan fingerprint density at radius 3 is 2.42 bits per heavy atom. The number of aryl methyl sites for hydroxylation is 1. The second-order valence-corrected chi connectivity index (χ2v) is 4.93. The number of thiophene rings is 1. The highest BCUT2D eigenvalue weighted by Gasteiger charge is 2.13. The van der Waals surface area contributed by atoms with Crippen LogP contribution in [0.5, 0.6) is 0 Å². The topological polar surface area (TPSA) is 78.4 Å². The van der Waals surface area contributed by atoms with Gasteiger partial charge in [-0.15, -0.1) is 11.3 Å². The number of nitrogens with one attached hydrogen (secondary N) is 2. The second-order valence-electron chi connectivity index (χ2n) is 3.87. The van der Waals surface area contributed by atoms with E-state index in [0.717, 1.165) is 11.3 Å². The Bertz CT molecular complexity index is 608. The molecule has 1 aromatic carbocycles. The molecule has 98 valence electrons. The predicted octanol–water partition coefficient (Wildman–Crippen LogP) is 3.40. The van der Waals surface area contributed by atoms with E-state index in [2.05, 4.69) is 10.6 Å². The number of hydrogen-bond acceptors (Lipinski definition) is 3. The number of amides is 2. The summed E-state index contributed by atoms with van der Waals surface area (Å²) >= 11 is 1.04. The first-order valence-electron chi connectivity index (χ1n) is 5.53. The number of carboxylic acid groups (broad SMARTS) is 1. The van der Waals surface area contributed by atoms with Gasteiger partial charge in [0, 0.05) is 5.69 Å². The summed E-state index contributed by atoms with van der Waals surface area (Å²) in [5, 5.41) is 14.7. The van der Waals surface area contributed by atoms with Crippen LogP contribution in [0.1, 0.15) is 15.2 Å². The van der Waals surface area contributed by atoms with Gasteiger partial charge in [-0.1, -0.05) is 18.2 Å². The van der Waals surface area contributed by atoms with Crippen LogP contribution in [0.25, 0.3) is 0 Å². The Morgan fingerprint density at radius 2 is 1.84 bits per heavy atom. The van der Waals surface area contributed by atoms with Gasteiger partial charge >= 0.3 is 12.0 Å². The van der Waals surface area contributed by atoms with Gasteiger partial charge in [-0.3, -0.25) is 5.32 Å². The maximum absolute atomic E-state index is 11.7. The lowest BCUT2D eigenvalue weighted by atomic mass is 10.3. The highest BCUT2D eigenvalue weighted by Crippen LogP contribution is 2.26. The molecule has 0 aliphatic heterocycles. The fourth-order valence-corrected chi connectivity index (χ4v) is 2.46. The Morgan fingerprint density at radius 1 is 1.16 bits per heavy atom. The zero-order valence-corrected chi connectivity index (χ0v) is 11.0. The summed E-state index contributed by atoms with van der Waals surface area (Å²) in [6.45, 7) is 1.69. The number of urea groups is 1. The molecule has 19 heavy (non-hydrogen) atoms. The van der Waals surface area contributed by atoms with Crippen LogP contribution in [0.3, 0.4) is 0 Å². The minimum atomic E-state index is -0.987. The van der Waals surface area contributed by atoms with E-state index in [-0.39, 0.29) is 4.88 Å². The van der Waals surface area contributed by atoms with E-state index in [0.29, 0.717) is 16.3 Å². The molecule has 2 amide bonds. The molecule has 0 atom stereocenters. The smallest absolute Gasteiger partial charge is 0.346 e. The lowest BCUT2D eigenvalue weighted by Gasteiger charge is -2.05. The third-order valence-electron chi connectivity index (χ3n) is 2.38. The number of anilines is 2. The first-order chi connectivity index (χ1) is 9.06. The summed E-state index contributed by atoms with van der Waals surface area (Å²) in [7, 11) is 0. The number of carboxylic acids is 1. The molecule has 0 fully saturated rings. The summed E-state index contributed by atoms with van der Waals surface area (Å²) < 4.78 is 0. The molecule has 1 heterocycles. The molecule has 0 bridgehead atoms. The van der Waals surface area contributed by atoms with Gasteiger partial charge in [0.25, 0.3) is 0 Å². The van der Waals surface area contributed by atoms with Crippen LogP contribution in [0.15, 0.2) is 36.4 Å². The van der Waals surface area contributed by atoms with Crippen molar-refractivity contribution < 1.29 is 14.7 Å². The van der Waals surface area contributed by atoms with E-state index < -0.39 is 12.0 Å². The molecule has 0 unspecified atom stereocenters. The lowest BCUT2D eigenvalue weighted by molar-refractivity contribution is 0.0701. The number of rotatable bonds is 3. The number of aromatic carboxylic acids is 1. The van der Waals surface area contributed by atoms with E-state index in [9.17, 15) is 9.59 Å². The summed E-state index contributed by atoms with van der Waals surface area (Å²) in [6, 6.07) is 10.2. The van der Waals surface area contributed by atoms with Crippen molar-refractivity contribution in [3.8, 4) is 0 Å². The standard InChI is InChI=1S/C13H12N2O3S/c1-8-7-10(19-11(8)12(16)17)15-13(18)14-9-5-3-2-4-6-9/h2-7H,1H3,(H,16,17)(H2,14,15,18). The molecule has 0 aliphatic carbocycles. The number of hydrogen-bond donors (Lipinski definition) is 3. The van der Waals surface area contributed by atoms with Crippen LogP contribution < -0.4 is 10.6 Å². The van der Waals surface area contributed by atoms with E-state index in [4.69, 9.17) is 5.11 Å². The molecule has 2 rings (SSSR count). The van der Waals surface area contributed by atoms with Crippen LogP contribution in [-0.4, -0.2) is 17.1 Å². The Balaban J connectivity index is 2.03. The molecule has 5 nitrogen and oxygen atoms in total. The zero-order chi connectivity index (χ0) is 13.8. The maximum atomic E-state index is 11.7. The van der Waals surface area contributed by atoms with Crippen LogP contribution in [0.2, 0.25) is 0 Å². The van der Waals surface area contributed by atoms with Gasteiger partial charge in [0.05, 0.1) is 5.00 Å². The second kappa shape index (κ2) is 5.53. The van der Waals surface area contributed by atoms with E-state index in [1.54, 1.807) is 25.1 Å². The monoisotopic (exact) mass is 276 g/mol. The molecule has 1 aromatic heterocycles. The molecule has 0 aliphatic rings. The van der Waals surface area contributed by atoms with Gasteiger partial charge in [-0.05, 0) is 30.7 Å². The number of carbonyl (C=O) groups excluding carboxylic acids is 1. The van der Waals surface area contributed by atoms with E-state index in [1.807, 2.05) is 18.2 Å². The minimum absolute atomic E-state index is 0.231. The predicted molar refractivity (Wildman–Crippen MR) is 75.1 cm³/mol. The lowest BCUT2D eigenvalue weighted by Crippen LogP contribution is -2.18. The molecule has 0 saturated heterocycles. The quantitative estimate of drug-likeness (QED) is 0.804. The van der Waals surface area contributed by atoms with Crippen molar-refractivity contribution in [2.45, 2.75) is 6.92 Å². The van der Waals surface area contributed by atoms with Crippen molar-refractivity contribution in [2.24, 2.45) is 0 Å². The number of carbonyl (C=O) groups is 2. The number of para-hydroxylation sites is 1. The highest BCUT2D eigenvalue weighted by atomic mass is 32.1. The maximum Gasteiger partial charge on any atom is 0.346 e. The molecule has 6 heteroatoms. The summed E-state index contributed by atoms with van der Waals surface area (Å²) in [4.78, 5) is 22.8. The summed E-state index contributed by atoms with van der Waals surface area (Å²) in [6.07, 6.45) is 0. The van der Waals surface area contributed by atoms with Crippen molar-refractivity contribution in [1.82, 2.24) is 0 Å². The molecule has 2 aromatic rings. The fraction of sp³-hybridized carbons (Fsp3) is 0.0769. The molecule has 0 radical (unpaired) electrons. The molecule has 0 saturated carbocycles. The van der Waals surface area contributed by atoms with Gasteiger partial charge in [0.2, 0.25) is 0 Å². The van der Waals surface area contributed by atoms with Crippen LogP contribution in [0.4, 0.5) is 15.5 Å². The van der Waals surface area contributed by atoms with Crippen LogP contribution >= 0.6 is 11.3 Å². The van der Waals surface area contributed by atoms with Crippen molar-refractivity contribution in [3.63, 3.8) is 0 Å². The first kappa shape index (κ1) is 13.1. The molecule has 0 spiro atoms. The van der Waals surface area contributed by atoms with E-state index >= 15 is 0 Å². The van der Waals surface area contributed by atoms with Crippen molar-refractivity contribution in [2.75, 3.05) is 10.6 Å². The highest BCUT2D eigenvalue weighted by molar-refractivity contribution is 7.18. The van der Waals surface area contributed by atoms with Crippen molar-refractivity contribution in [1.29, 1.82) is 0 Å².